The molecule has 202 valence electrons. The van der Waals surface area contributed by atoms with Crippen molar-refractivity contribution < 1.29 is 49.1 Å². The number of nitrogens with two attached hydrogens (primary N) is 1. The van der Waals surface area contributed by atoms with Crippen LogP contribution < -0.4 is 15.2 Å². The van der Waals surface area contributed by atoms with E-state index in [0.29, 0.717) is 22.6 Å². The summed E-state index contributed by atoms with van der Waals surface area (Å²) in [6.45, 7) is 0. The van der Waals surface area contributed by atoms with Crippen LogP contribution in [0.2, 0.25) is 0 Å². The summed E-state index contributed by atoms with van der Waals surface area (Å²) in [4.78, 5) is 50.5. The minimum atomic E-state index is -2.63. The molecule has 0 aromatic heterocycles. The third-order valence-electron chi connectivity index (χ3n) is 7.67. The molecule has 2 aromatic rings. The third-order valence-corrected chi connectivity index (χ3v) is 7.67. The van der Waals surface area contributed by atoms with Crippen molar-refractivity contribution in [1.82, 2.24) is 0 Å². The number of aromatic hydroxyl groups is 1. The van der Waals surface area contributed by atoms with Gasteiger partial charge in [0.2, 0.25) is 5.78 Å². The normalized spacial score (nSPS) is 24.1. The number of fused-ring (bicyclic) bond motifs is 3. The molecule has 5 rings (SSSR count). The van der Waals surface area contributed by atoms with E-state index in [1.165, 1.54) is 19.2 Å². The number of phenols is 1. The van der Waals surface area contributed by atoms with Crippen LogP contribution in [0, 0.1) is 11.8 Å². The van der Waals surface area contributed by atoms with E-state index in [2.05, 4.69) is 0 Å². The first kappa shape index (κ1) is 26.0. The average Bonchev–Trinajstić information content (AvgIpc) is 2.88. The molecule has 2 aromatic carbocycles. The van der Waals surface area contributed by atoms with Gasteiger partial charge in [0.05, 0.1) is 19.1 Å². The fourth-order valence-electron chi connectivity index (χ4n) is 5.82. The van der Waals surface area contributed by atoms with Gasteiger partial charge in [-0.15, -0.1) is 0 Å². The van der Waals surface area contributed by atoms with Gasteiger partial charge in [-0.25, -0.2) is 0 Å². The highest BCUT2D eigenvalue weighted by Crippen LogP contribution is 2.52. The molecule has 1 saturated carbocycles. The van der Waals surface area contributed by atoms with Crippen LogP contribution in [0.3, 0.4) is 0 Å². The number of methoxy groups -OCH3 is 1. The van der Waals surface area contributed by atoms with E-state index in [1.807, 2.05) is 0 Å². The minimum absolute atomic E-state index is 0.00565. The largest absolute Gasteiger partial charge is 0.508 e. The maximum absolute atomic E-state index is 13.6. The summed E-state index contributed by atoms with van der Waals surface area (Å²) >= 11 is 0. The van der Waals surface area contributed by atoms with E-state index in [-0.39, 0.29) is 36.1 Å². The summed E-state index contributed by atoms with van der Waals surface area (Å²) < 4.78 is 10.5. The van der Waals surface area contributed by atoms with Crippen molar-refractivity contribution in [3.05, 3.63) is 70.0 Å². The Kier molecular flexibility index (Phi) is 6.18. The van der Waals surface area contributed by atoms with Gasteiger partial charge in [-0.05, 0) is 60.2 Å². The number of Topliss-reactive ketones (excluding diaryl/α,β-unsaturated/α-hetero) is 2. The van der Waals surface area contributed by atoms with Crippen LogP contribution in [0.25, 0.3) is 5.76 Å². The van der Waals surface area contributed by atoms with E-state index in [9.17, 15) is 39.6 Å². The smallest absolute Gasteiger partial charge is 0.315 e. The van der Waals surface area contributed by atoms with Crippen LogP contribution in [0.5, 0.6) is 17.2 Å². The Balaban J connectivity index is 1.51. The number of rotatable bonds is 5. The molecule has 0 radical (unpaired) electrons. The standard InChI is InChI=1S/C28H25NO10/c1-38-15-3-5-16(6-4-15)39-20(32)10-12-2-7-18(30)22-17(12)9-13-8-14-11-19(31)23(27(29)36)26(35)28(14,37)25(34)21(13)24(22)33/h2-7,13-14,30,33,35,37H,8-11H2,1H3,(H2,29,36). The molecule has 3 atom stereocenters. The van der Waals surface area contributed by atoms with Crippen LogP contribution in [-0.4, -0.2) is 56.6 Å². The molecule has 3 aliphatic carbocycles. The fourth-order valence-corrected chi connectivity index (χ4v) is 5.82. The van der Waals surface area contributed by atoms with Crippen molar-refractivity contribution in [3.63, 3.8) is 0 Å². The predicted molar refractivity (Wildman–Crippen MR) is 134 cm³/mol. The second kappa shape index (κ2) is 9.28. The molecule has 3 unspecified atom stereocenters. The second-order valence-corrected chi connectivity index (χ2v) is 9.83. The number of aliphatic hydroxyl groups excluding tert-OH is 2. The molecule has 0 aliphatic heterocycles. The molecule has 0 heterocycles. The summed E-state index contributed by atoms with van der Waals surface area (Å²) in [5.41, 5.74) is 2.23. The highest BCUT2D eigenvalue weighted by atomic mass is 16.5. The SMILES string of the molecule is COc1ccc(OC(=O)Cc2ccc(O)c3c2CC2CC4CC(=O)C(C(N)=O)=C(O)C4(O)C(=O)C2=C3O)cc1. The first-order chi connectivity index (χ1) is 18.5. The lowest BCUT2D eigenvalue weighted by Gasteiger charge is -2.46. The zero-order valence-electron chi connectivity index (χ0n) is 20.8. The van der Waals surface area contributed by atoms with E-state index in [1.54, 1.807) is 24.3 Å². The third kappa shape index (κ3) is 4.02. The number of amides is 1. The van der Waals surface area contributed by atoms with E-state index in [0.717, 1.165) is 0 Å². The number of ether oxygens (including phenoxy) is 2. The van der Waals surface area contributed by atoms with Crippen molar-refractivity contribution in [3.8, 4) is 17.2 Å². The van der Waals surface area contributed by atoms with Gasteiger partial charge in [-0.2, -0.15) is 0 Å². The van der Waals surface area contributed by atoms with Crippen LogP contribution in [0.4, 0.5) is 0 Å². The van der Waals surface area contributed by atoms with Gasteiger partial charge in [0.1, 0.15) is 34.3 Å². The summed E-state index contributed by atoms with van der Waals surface area (Å²) in [7, 11) is 1.51. The maximum Gasteiger partial charge on any atom is 0.315 e. The zero-order valence-corrected chi connectivity index (χ0v) is 20.8. The molecule has 0 saturated heterocycles. The van der Waals surface area contributed by atoms with Crippen LogP contribution in [0.15, 0.2) is 53.3 Å². The molecular formula is C28H25NO10. The lowest BCUT2D eigenvalue weighted by Crippen LogP contribution is -2.58. The highest BCUT2D eigenvalue weighted by molar-refractivity contribution is 6.22. The van der Waals surface area contributed by atoms with Gasteiger partial charge >= 0.3 is 5.97 Å². The Bertz CT molecular complexity index is 1500. The van der Waals surface area contributed by atoms with Crippen molar-refractivity contribution >= 4 is 29.2 Å². The van der Waals surface area contributed by atoms with Crippen molar-refractivity contribution in [2.24, 2.45) is 17.6 Å². The number of hydrogen-bond donors (Lipinski definition) is 5. The Morgan fingerprint density at radius 2 is 1.69 bits per heavy atom. The molecule has 6 N–H and O–H groups in total. The Morgan fingerprint density at radius 3 is 2.33 bits per heavy atom. The van der Waals surface area contributed by atoms with E-state index < -0.39 is 64.4 Å². The Hall–Kier alpha value is -4.64. The highest BCUT2D eigenvalue weighted by Gasteiger charge is 2.60. The summed E-state index contributed by atoms with van der Waals surface area (Å²) in [6.07, 6.45) is -0.541. The Morgan fingerprint density at radius 1 is 1.03 bits per heavy atom. The quantitative estimate of drug-likeness (QED) is 0.213. The van der Waals surface area contributed by atoms with Gasteiger partial charge in [-0.3, -0.25) is 19.2 Å². The van der Waals surface area contributed by atoms with Crippen molar-refractivity contribution in [1.29, 1.82) is 0 Å². The number of carbonyl (C=O) groups is 4. The zero-order chi connectivity index (χ0) is 28.2. The number of phenolic OH excluding ortho intramolecular Hbond substituents is 1. The lowest BCUT2D eigenvalue weighted by molar-refractivity contribution is -0.147. The first-order valence-electron chi connectivity index (χ1n) is 12.1. The number of hydrogen-bond acceptors (Lipinski definition) is 10. The van der Waals surface area contributed by atoms with E-state index in [4.69, 9.17) is 15.2 Å². The molecular weight excluding hydrogens is 510 g/mol. The molecule has 3 aliphatic rings. The summed E-state index contributed by atoms with van der Waals surface area (Å²) in [6, 6.07) is 9.17. The van der Waals surface area contributed by atoms with Crippen LogP contribution in [0.1, 0.15) is 29.5 Å². The van der Waals surface area contributed by atoms with Crippen LogP contribution >= 0.6 is 0 Å². The van der Waals surface area contributed by atoms with E-state index >= 15 is 0 Å². The number of benzene rings is 2. The number of ketones is 2. The molecule has 0 spiro atoms. The number of aliphatic hydroxyl groups is 3. The van der Waals surface area contributed by atoms with Crippen LogP contribution in [-0.2, 0) is 32.0 Å². The molecule has 0 bridgehead atoms. The topological polar surface area (TPSA) is 194 Å². The van der Waals surface area contributed by atoms with Crippen molar-refractivity contribution in [2.45, 2.75) is 31.3 Å². The molecule has 11 nitrogen and oxygen atoms in total. The van der Waals surface area contributed by atoms with Gasteiger partial charge in [0.25, 0.3) is 5.91 Å². The fraction of sp³-hybridized carbons (Fsp3) is 0.286. The number of carbonyl (C=O) groups excluding carboxylic acids is 4. The van der Waals surface area contributed by atoms with Crippen molar-refractivity contribution in [2.75, 3.05) is 7.11 Å². The predicted octanol–water partition coefficient (Wildman–Crippen LogP) is 1.58. The molecule has 39 heavy (non-hydrogen) atoms. The molecule has 11 heteroatoms. The first-order valence-corrected chi connectivity index (χ1v) is 12.1. The Labute approximate surface area is 221 Å². The average molecular weight is 536 g/mol. The monoisotopic (exact) mass is 535 g/mol. The molecule has 1 amide bonds. The van der Waals surface area contributed by atoms with Gasteiger partial charge < -0.3 is 35.6 Å². The molecule has 1 fully saturated rings. The number of primary amides is 1. The van der Waals surface area contributed by atoms with Gasteiger partial charge in [-0.1, -0.05) is 6.07 Å². The number of esters is 1. The second-order valence-electron chi connectivity index (χ2n) is 9.83. The minimum Gasteiger partial charge on any atom is -0.508 e. The summed E-state index contributed by atoms with van der Waals surface area (Å²) in [5, 5.41) is 43.7. The lowest BCUT2D eigenvalue weighted by atomic mass is 9.59. The maximum atomic E-state index is 13.6. The van der Waals surface area contributed by atoms with Gasteiger partial charge in [0.15, 0.2) is 11.4 Å². The summed E-state index contributed by atoms with van der Waals surface area (Å²) in [5.74, 6) is -6.79. The van der Waals surface area contributed by atoms with Gasteiger partial charge in [0, 0.05) is 17.9 Å².